The third-order valence-electron chi connectivity index (χ3n) is 3.39. The molecule has 4 nitrogen and oxygen atoms in total. The zero-order valence-electron chi connectivity index (χ0n) is 12.9. The molecule has 0 bridgehead atoms. The van der Waals surface area contributed by atoms with E-state index in [2.05, 4.69) is 60.5 Å². The van der Waals surface area contributed by atoms with Gasteiger partial charge in [0, 0.05) is 6.04 Å². The van der Waals surface area contributed by atoms with Crippen LogP contribution in [0.1, 0.15) is 50.0 Å². The third-order valence-corrected chi connectivity index (χ3v) is 4.26. The molecule has 0 aliphatic heterocycles. The maximum absolute atomic E-state index is 5.46. The summed E-state index contributed by atoms with van der Waals surface area (Å²) in [5.41, 5.74) is 1.24. The number of thioether (sulfide) groups is 1. The Balaban J connectivity index is 2.14. The zero-order valence-corrected chi connectivity index (χ0v) is 13.7. The van der Waals surface area contributed by atoms with E-state index >= 15 is 0 Å². The normalized spacial score (nSPS) is 14.0. The second-order valence-electron chi connectivity index (χ2n) is 4.92. The summed E-state index contributed by atoms with van der Waals surface area (Å²) >= 11 is 1.80. The Kier molecular flexibility index (Phi) is 6.26. The summed E-state index contributed by atoms with van der Waals surface area (Å²) in [5, 5.41) is 7.59. The lowest BCUT2D eigenvalue weighted by Crippen LogP contribution is -2.25. The van der Waals surface area contributed by atoms with Crippen LogP contribution in [-0.2, 0) is 5.75 Å². The van der Waals surface area contributed by atoms with Crippen molar-refractivity contribution in [2.24, 2.45) is 0 Å². The highest BCUT2D eigenvalue weighted by Crippen LogP contribution is 2.29. The van der Waals surface area contributed by atoms with E-state index in [0.717, 1.165) is 23.9 Å². The van der Waals surface area contributed by atoms with Gasteiger partial charge in [0.05, 0.1) is 11.7 Å². The fourth-order valence-electron chi connectivity index (χ4n) is 2.31. The van der Waals surface area contributed by atoms with Gasteiger partial charge in [0.1, 0.15) is 0 Å². The highest BCUT2D eigenvalue weighted by Gasteiger charge is 2.24. The minimum absolute atomic E-state index is 0.139. The summed E-state index contributed by atoms with van der Waals surface area (Å²) in [6, 6.07) is 10.6. The molecular formula is C16H23N3OS. The Morgan fingerprint density at radius 1 is 1.24 bits per heavy atom. The first kappa shape index (κ1) is 16.0. The molecule has 5 heteroatoms. The molecule has 2 atom stereocenters. The number of nitrogens with zero attached hydrogens (tertiary/aromatic N) is 2. The van der Waals surface area contributed by atoms with Crippen LogP contribution in [0.25, 0.3) is 0 Å². The molecule has 2 unspecified atom stereocenters. The molecule has 0 fully saturated rings. The van der Waals surface area contributed by atoms with E-state index in [0.29, 0.717) is 5.89 Å². The van der Waals surface area contributed by atoms with Gasteiger partial charge in [0.2, 0.25) is 5.89 Å². The van der Waals surface area contributed by atoms with E-state index < -0.39 is 0 Å². The van der Waals surface area contributed by atoms with Gasteiger partial charge in [-0.25, -0.2) is 0 Å². The van der Waals surface area contributed by atoms with Crippen molar-refractivity contribution in [3.63, 3.8) is 0 Å². The standard InChI is InChI=1S/C16H23N3OS/c1-4-17-15(13-9-7-6-8-10-13)12(3)16-18-14(19-20-16)11-21-5-2/h6-10,12,15,17H,4-5,11H2,1-3H3. The Hall–Kier alpha value is -1.33. The molecule has 21 heavy (non-hydrogen) atoms. The Bertz CT molecular complexity index is 529. The molecule has 0 aliphatic rings. The molecule has 1 heterocycles. The van der Waals surface area contributed by atoms with Crippen molar-refractivity contribution in [3.8, 4) is 0 Å². The summed E-state index contributed by atoms with van der Waals surface area (Å²) in [5.74, 6) is 3.50. The monoisotopic (exact) mass is 305 g/mol. The number of hydrogen-bond donors (Lipinski definition) is 1. The van der Waals surface area contributed by atoms with Crippen molar-refractivity contribution in [1.82, 2.24) is 15.5 Å². The lowest BCUT2D eigenvalue weighted by Gasteiger charge is -2.22. The topological polar surface area (TPSA) is 51.0 Å². The predicted molar refractivity (Wildman–Crippen MR) is 87.4 cm³/mol. The van der Waals surface area contributed by atoms with Crippen molar-refractivity contribution in [1.29, 1.82) is 0 Å². The summed E-state index contributed by atoms with van der Waals surface area (Å²) in [7, 11) is 0. The van der Waals surface area contributed by atoms with Gasteiger partial charge in [0.15, 0.2) is 5.82 Å². The predicted octanol–water partition coefficient (Wildman–Crippen LogP) is 3.78. The molecule has 0 radical (unpaired) electrons. The summed E-state index contributed by atoms with van der Waals surface area (Å²) in [6.07, 6.45) is 0. The van der Waals surface area contributed by atoms with Gasteiger partial charge in [-0.1, -0.05) is 56.3 Å². The SMILES string of the molecule is CCNC(c1ccccc1)C(C)c1nc(CSCC)no1. The molecule has 0 saturated carbocycles. The van der Waals surface area contributed by atoms with Crippen molar-refractivity contribution in [2.75, 3.05) is 12.3 Å². The maximum Gasteiger partial charge on any atom is 0.231 e. The molecule has 1 N–H and O–H groups in total. The van der Waals surface area contributed by atoms with Gasteiger partial charge in [-0.2, -0.15) is 16.7 Å². The van der Waals surface area contributed by atoms with Gasteiger partial charge < -0.3 is 9.84 Å². The number of hydrogen-bond acceptors (Lipinski definition) is 5. The minimum Gasteiger partial charge on any atom is -0.339 e. The zero-order chi connectivity index (χ0) is 15.1. The number of benzene rings is 1. The van der Waals surface area contributed by atoms with Crippen LogP contribution in [0.3, 0.4) is 0 Å². The largest absolute Gasteiger partial charge is 0.339 e. The summed E-state index contributed by atoms with van der Waals surface area (Å²) in [6.45, 7) is 7.27. The second-order valence-corrected chi connectivity index (χ2v) is 6.19. The van der Waals surface area contributed by atoms with Crippen LogP contribution in [0.5, 0.6) is 0 Å². The molecule has 0 aliphatic carbocycles. The van der Waals surface area contributed by atoms with Crippen LogP contribution in [-0.4, -0.2) is 22.4 Å². The molecule has 1 aromatic heterocycles. The Labute approximate surface area is 130 Å². The molecule has 1 aromatic carbocycles. The van der Waals surface area contributed by atoms with Crippen LogP contribution in [0.4, 0.5) is 0 Å². The van der Waals surface area contributed by atoms with E-state index in [1.165, 1.54) is 5.56 Å². The van der Waals surface area contributed by atoms with Crippen LogP contribution in [0.15, 0.2) is 34.9 Å². The third kappa shape index (κ3) is 4.32. The van der Waals surface area contributed by atoms with Gasteiger partial charge in [-0.15, -0.1) is 0 Å². The molecule has 0 amide bonds. The van der Waals surface area contributed by atoms with Gasteiger partial charge in [-0.05, 0) is 17.9 Å². The number of nitrogens with one attached hydrogen (secondary N) is 1. The van der Waals surface area contributed by atoms with Gasteiger partial charge >= 0.3 is 0 Å². The first-order valence-electron chi connectivity index (χ1n) is 7.44. The quantitative estimate of drug-likeness (QED) is 0.804. The van der Waals surface area contributed by atoms with E-state index in [-0.39, 0.29) is 12.0 Å². The highest BCUT2D eigenvalue weighted by atomic mass is 32.2. The molecule has 0 spiro atoms. The average Bonchev–Trinajstić information content (AvgIpc) is 2.99. The second kappa shape index (κ2) is 8.20. The van der Waals surface area contributed by atoms with Gasteiger partial charge in [-0.3, -0.25) is 0 Å². The van der Waals surface area contributed by atoms with Crippen LogP contribution >= 0.6 is 11.8 Å². The fourth-order valence-corrected chi connectivity index (χ4v) is 2.81. The molecule has 2 rings (SSSR count). The minimum atomic E-state index is 0.139. The summed E-state index contributed by atoms with van der Waals surface area (Å²) in [4.78, 5) is 4.54. The Morgan fingerprint density at radius 2 is 2.00 bits per heavy atom. The van der Waals surface area contributed by atoms with E-state index in [1.54, 1.807) is 11.8 Å². The molecule has 114 valence electrons. The number of aromatic nitrogens is 2. The average molecular weight is 305 g/mol. The van der Waals surface area contributed by atoms with Crippen LogP contribution < -0.4 is 5.32 Å². The molecule has 0 saturated heterocycles. The van der Waals surface area contributed by atoms with Crippen molar-refractivity contribution < 1.29 is 4.52 Å². The number of rotatable bonds is 8. The smallest absolute Gasteiger partial charge is 0.231 e. The fraction of sp³-hybridized carbons (Fsp3) is 0.500. The molecule has 2 aromatic rings. The number of likely N-dealkylation sites (N-methyl/N-ethyl adjacent to an activating group) is 1. The van der Waals surface area contributed by atoms with E-state index in [1.807, 2.05) is 6.07 Å². The van der Waals surface area contributed by atoms with E-state index in [4.69, 9.17) is 4.52 Å². The van der Waals surface area contributed by atoms with Crippen molar-refractivity contribution in [3.05, 3.63) is 47.6 Å². The lowest BCUT2D eigenvalue weighted by molar-refractivity contribution is 0.325. The van der Waals surface area contributed by atoms with Crippen LogP contribution in [0.2, 0.25) is 0 Å². The van der Waals surface area contributed by atoms with E-state index in [9.17, 15) is 0 Å². The molecular weight excluding hydrogens is 282 g/mol. The first-order valence-corrected chi connectivity index (χ1v) is 8.60. The maximum atomic E-state index is 5.46. The van der Waals surface area contributed by atoms with Crippen molar-refractivity contribution in [2.45, 2.75) is 38.5 Å². The highest BCUT2D eigenvalue weighted by molar-refractivity contribution is 7.98. The lowest BCUT2D eigenvalue weighted by atomic mass is 9.94. The summed E-state index contributed by atoms with van der Waals surface area (Å²) < 4.78 is 5.46. The van der Waals surface area contributed by atoms with Crippen LogP contribution in [0, 0.1) is 0 Å². The van der Waals surface area contributed by atoms with Gasteiger partial charge in [0.25, 0.3) is 0 Å². The first-order chi connectivity index (χ1) is 10.3. The Morgan fingerprint density at radius 3 is 2.67 bits per heavy atom. The van der Waals surface area contributed by atoms with Crippen molar-refractivity contribution >= 4 is 11.8 Å².